The fraction of sp³-hybridized carbons (Fsp3) is 0.458. The first kappa shape index (κ1) is 24.3. The maximum absolute atomic E-state index is 13.5. The van der Waals surface area contributed by atoms with Crippen LogP contribution in [0.15, 0.2) is 47.4 Å². The molecule has 0 spiro atoms. The number of carbonyl (C=O) groups excluding carboxylic acids is 1. The molecule has 0 aliphatic carbocycles. The fourth-order valence-electron chi connectivity index (χ4n) is 4.01. The molecule has 3 rings (SSSR count). The number of hydrogen-bond donors (Lipinski definition) is 1. The van der Waals surface area contributed by atoms with Crippen molar-refractivity contribution in [3.63, 3.8) is 0 Å². The van der Waals surface area contributed by atoms with Gasteiger partial charge in [-0.2, -0.15) is 4.31 Å². The van der Waals surface area contributed by atoms with Gasteiger partial charge < -0.3 is 5.32 Å². The summed E-state index contributed by atoms with van der Waals surface area (Å²) in [6.45, 7) is 6.50. The van der Waals surface area contributed by atoms with Crippen LogP contribution >= 0.6 is 0 Å². The van der Waals surface area contributed by atoms with Crippen LogP contribution in [0, 0.1) is 23.5 Å². The van der Waals surface area contributed by atoms with E-state index in [9.17, 15) is 22.0 Å². The van der Waals surface area contributed by atoms with Crippen molar-refractivity contribution in [3.8, 4) is 0 Å². The van der Waals surface area contributed by atoms with Gasteiger partial charge in [-0.25, -0.2) is 17.2 Å². The number of rotatable bonds is 7. The van der Waals surface area contributed by atoms with Crippen molar-refractivity contribution in [2.75, 3.05) is 13.1 Å². The summed E-state index contributed by atoms with van der Waals surface area (Å²) >= 11 is 0. The Morgan fingerprint density at radius 1 is 1.06 bits per heavy atom. The van der Waals surface area contributed by atoms with E-state index in [0.717, 1.165) is 24.1 Å². The van der Waals surface area contributed by atoms with Crippen LogP contribution in [0.2, 0.25) is 0 Å². The molecular formula is C24H30F2N2O3S. The van der Waals surface area contributed by atoms with E-state index >= 15 is 0 Å². The Morgan fingerprint density at radius 3 is 2.22 bits per heavy atom. The summed E-state index contributed by atoms with van der Waals surface area (Å²) in [5.41, 5.74) is 2.28. The number of halogens is 2. The summed E-state index contributed by atoms with van der Waals surface area (Å²) in [6.07, 6.45) is 1.69. The summed E-state index contributed by atoms with van der Waals surface area (Å²) in [7, 11) is -3.94. The molecule has 1 amide bonds. The number of benzene rings is 2. The first-order chi connectivity index (χ1) is 15.1. The first-order valence-corrected chi connectivity index (χ1v) is 12.4. The minimum absolute atomic E-state index is 0.0897. The first-order valence-electron chi connectivity index (χ1n) is 11.0. The van der Waals surface area contributed by atoms with E-state index in [0.29, 0.717) is 18.9 Å². The van der Waals surface area contributed by atoms with E-state index in [1.807, 2.05) is 12.1 Å². The summed E-state index contributed by atoms with van der Waals surface area (Å²) < 4.78 is 53.4. The molecule has 1 heterocycles. The highest BCUT2D eigenvalue weighted by molar-refractivity contribution is 7.89. The van der Waals surface area contributed by atoms with Crippen molar-refractivity contribution in [2.24, 2.45) is 11.8 Å². The average Bonchev–Trinajstić information content (AvgIpc) is 2.79. The molecule has 0 bridgehead atoms. The van der Waals surface area contributed by atoms with Crippen LogP contribution in [-0.4, -0.2) is 31.7 Å². The maximum Gasteiger partial charge on any atom is 0.243 e. The van der Waals surface area contributed by atoms with E-state index in [1.165, 1.54) is 9.87 Å². The van der Waals surface area contributed by atoms with E-state index in [-0.39, 0.29) is 41.8 Å². The standard InChI is InChI=1S/C24H30F2N2O3S/c1-4-17-5-7-18(8-6-17)23(16(2)3)27-24(29)19-11-13-28(14-12-19)32(30,31)20-9-10-21(25)22(26)15-20/h5-10,15-16,19,23H,4,11-14H2,1-3H3,(H,27,29). The highest BCUT2D eigenvalue weighted by atomic mass is 32.2. The number of sulfonamides is 1. The third-order valence-electron chi connectivity index (χ3n) is 6.07. The predicted octanol–water partition coefficient (Wildman–Crippen LogP) is 4.44. The van der Waals surface area contributed by atoms with Gasteiger partial charge in [-0.3, -0.25) is 4.79 Å². The van der Waals surface area contributed by atoms with Gasteiger partial charge in [0.2, 0.25) is 15.9 Å². The molecule has 8 heteroatoms. The van der Waals surface area contributed by atoms with E-state index < -0.39 is 21.7 Å². The second-order valence-electron chi connectivity index (χ2n) is 8.58. The van der Waals surface area contributed by atoms with Gasteiger partial charge in [0.05, 0.1) is 10.9 Å². The van der Waals surface area contributed by atoms with Gasteiger partial charge in [-0.05, 0) is 54.5 Å². The molecule has 1 aliphatic heterocycles. The molecule has 0 saturated carbocycles. The molecule has 5 nitrogen and oxygen atoms in total. The molecule has 1 aliphatic rings. The van der Waals surface area contributed by atoms with Crippen molar-refractivity contribution < 1.29 is 22.0 Å². The quantitative estimate of drug-likeness (QED) is 0.659. The monoisotopic (exact) mass is 464 g/mol. The van der Waals surface area contributed by atoms with Gasteiger partial charge in [-0.1, -0.05) is 45.0 Å². The lowest BCUT2D eigenvalue weighted by Gasteiger charge is -2.32. The summed E-state index contributed by atoms with van der Waals surface area (Å²) in [5.74, 6) is -2.49. The van der Waals surface area contributed by atoms with Crippen molar-refractivity contribution in [2.45, 2.75) is 51.0 Å². The Balaban J connectivity index is 1.64. The molecule has 0 radical (unpaired) electrons. The Morgan fingerprint density at radius 2 is 1.69 bits per heavy atom. The third-order valence-corrected chi connectivity index (χ3v) is 7.96. The lowest BCUT2D eigenvalue weighted by atomic mass is 9.92. The van der Waals surface area contributed by atoms with Gasteiger partial charge in [0, 0.05) is 19.0 Å². The number of carbonyl (C=O) groups is 1. The zero-order valence-corrected chi connectivity index (χ0v) is 19.5. The number of piperidine rings is 1. The SMILES string of the molecule is CCc1ccc(C(NC(=O)C2CCN(S(=O)(=O)c3ccc(F)c(F)c3)CC2)C(C)C)cc1. The molecular weight excluding hydrogens is 434 g/mol. The number of aryl methyl sites for hydroxylation is 1. The topological polar surface area (TPSA) is 66.5 Å². The number of nitrogens with zero attached hydrogens (tertiary/aromatic N) is 1. The van der Waals surface area contributed by atoms with Crippen molar-refractivity contribution in [1.29, 1.82) is 0 Å². The molecule has 1 N–H and O–H groups in total. The molecule has 174 valence electrons. The highest BCUT2D eigenvalue weighted by Crippen LogP contribution is 2.27. The van der Waals surface area contributed by atoms with Crippen LogP contribution in [0.25, 0.3) is 0 Å². The van der Waals surface area contributed by atoms with Crippen LogP contribution in [0.3, 0.4) is 0 Å². The Hall–Kier alpha value is -2.32. The third kappa shape index (κ3) is 5.35. The molecule has 0 aromatic heterocycles. The van der Waals surface area contributed by atoms with E-state index in [1.54, 1.807) is 0 Å². The molecule has 2 aromatic rings. The minimum Gasteiger partial charge on any atom is -0.349 e. The Labute approximate surface area is 188 Å². The number of hydrogen-bond acceptors (Lipinski definition) is 3. The summed E-state index contributed by atoms with van der Waals surface area (Å²) in [6, 6.07) is 10.7. The van der Waals surface area contributed by atoms with Gasteiger partial charge in [0.25, 0.3) is 0 Å². The van der Waals surface area contributed by atoms with Crippen LogP contribution in [0.5, 0.6) is 0 Å². The second kappa shape index (κ2) is 10.1. The second-order valence-corrected chi connectivity index (χ2v) is 10.5. The molecule has 1 atom stereocenters. The zero-order chi connectivity index (χ0) is 23.5. The minimum atomic E-state index is -3.94. The average molecular weight is 465 g/mol. The van der Waals surface area contributed by atoms with Gasteiger partial charge >= 0.3 is 0 Å². The molecule has 32 heavy (non-hydrogen) atoms. The fourth-order valence-corrected chi connectivity index (χ4v) is 5.49. The molecule has 1 unspecified atom stereocenters. The highest BCUT2D eigenvalue weighted by Gasteiger charge is 2.33. The molecule has 1 saturated heterocycles. The maximum atomic E-state index is 13.5. The van der Waals surface area contributed by atoms with Crippen LogP contribution in [-0.2, 0) is 21.2 Å². The number of amides is 1. The van der Waals surface area contributed by atoms with Crippen molar-refractivity contribution in [3.05, 3.63) is 65.2 Å². The molecule has 2 aromatic carbocycles. The zero-order valence-electron chi connectivity index (χ0n) is 18.6. The Bertz CT molecular complexity index is 1050. The molecule has 1 fully saturated rings. The van der Waals surface area contributed by atoms with Crippen LogP contribution < -0.4 is 5.32 Å². The van der Waals surface area contributed by atoms with Crippen LogP contribution in [0.1, 0.15) is 50.8 Å². The van der Waals surface area contributed by atoms with Crippen molar-refractivity contribution in [1.82, 2.24) is 9.62 Å². The van der Waals surface area contributed by atoms with Crippen LogP contribution in [0.4, 0.5) is 8.78 Å². The number of nitrogens with one attached hydrogen (secondary N) is 1. The van der Waals surface area contributed by atoms with E-state index in [2.05, 4.69) is 38.2 Å². The smallest absolute Gasteiger partial charge is 0.243 e. The van der Waals surface area contributed by atoms with Crippen molar-refractivity contribution >= 4 is 15.9 Å². The van der Waals surface area contributed by atoms with E-state index in [4.69, 9.17) is 0 Å². The Kier molecular flexibility index (Phi) is 7.67. The predicted molar refractivity (Wildman–Crippen MR) is 119 cm³/mol. The largest absolute Gasteiger partial charge is 0.349 e. The van der Waals surface area contributed by atoms with Gasteiger partial charge in [0.1, 0.15) is 0 Å². The summed E-state index contributed by atoms with van der Waals surface area (Å²) in [4.78, 5) is 12.7. The summed E-state index contributed by atoms with van der Waals surface area (Å²) in [5, 5.41) is 3.14. The lowest BCUT2D eigenvalue weighted by Crippen LogP contribution is -2.44. The normalized spacial score (nSPS) is 16.8. The van der Waals surface area contributed by atoms with Gasteiger partial charge in [-0.15, -0.1) is 0 Å². The lowest BCUT2D eigenvalue weighted by molar-refractivity contribution is -0.127. The van der Waals surface area contributed by atoms with Gasteiger partial charge in [0.15, 0.2) is 11.6 Å².